The van der Waals surface area contributed by atoms with Gasteiger partial charge in [-0.15, -0.1) is 10.8 Å². The fourth-order valence-corrected chi connectivity index (χ4v) is 7.08. The van der Waals surface area contributed by atoms with Crippen LogP contribution >= 0.6 is 10.8 Å². The van der Waals surface area contributed by atoms with Crippen LogP contribution in [-0.4, -0.2) is 64.2 Å². The third-order valence-corrected chi connectivity index (χ3v) is 9.66. The van der Waals surface area contributed by atoms with Crippen molar-refractivity contribution in [3.05, 3.63) is 93.8 Å². The molecule has 0 aromatic heterocycles. The van der Waals surface area contributed by atoms with E-state index in [4.69, 9.17) is 9.47 Å². The maximum atomic E-state index is 15.0. The summed E-state index contributed by atoms with van der Waals surface area (Å²) in [5, 5.41) is 0. The predicted octanol–water partition coefficient (Wildman–Crippen LogP) is 6.94. The van der Waals surface area contributed by atoms with Crippen molar-refractivity contribution in [1.82, 2.24) is 9.21 Å². The van der Waals surface area contributed by atoms with Gasteiger partial charge in [-0.2, -0.15) is 4.31 Å². The average Bonchev–Trinajstić information content (AvgIpc) is 3.01. The normalized spacial score (nSPS) is 18.1. The highest BCUT2D eigenvalue weighted by Gasteiger charge is 2.34. The Bertz CT molecular complexity index is 1410. The standard InChI is InChI=1S/C33H43FN2O5S/c1-7-40-33(37)19-29(28-18-26(14-15-35(5)6)30(34)16-23(28)3)25-13-12-22(2)27(17-25)21-36-20-24(4)41-31-10-8-9-11-32(31)42(36,38)39/h8-13,16-18,24,29,38-39H,7,14-15,19-21H2,1-6H3. The summed E-state index contributed by atoms with van der Waals surface area (Å²) in [5.74, 6) is -0.466. The molecular formula is C33H43FN2O5S. The van der Waals surface area contributed by atoms with E-state index < -0.39 is 10.8 Å². The Morgan fingerprint density at radius 2 is 1.86 bits per heavy atom. The minimum atomic E-state index is -3.32. The van der Waals surface area contributed by atoms with Crippen molar-refractivity contribution >= 4 is 16.7 Å². The second-order valence-corrected chi connectivity index (χ2v) is 13.3. The molecule has 4 rings (SSSR count). The summed E-state index contributed by atoms with van der Waals surface area (Å²) in [5.41, 5.74) is 5.02. The van der Waals surface area contributed by atoms with Crippen LogP contribution in [0.5, 0.6) is 5.75 Å². The molecule has 7 nitrogen and oxygen atoms in total. The van der Waals surface area contributed by atoms with Crippen LogP contribution in [0, 0.1) is 19.7 Å². The van der Waals surface area contributed by atoms with Gasteiger partial charge in [-0.25, -0.2) is 4.39 Å². The van der Waals surface area contributed by atoms with Gasteiger partial charge in [-0.3, -0.25) is 13.9 Å². The number of hydrogen-bond donors (Lipinski definition) is 2. The zero-order chi connectivity index (χ0) is 30.6. The highest BCUT2D eigenvalue weighted by atomic mass is 32.3. The number of esters is 1. The monoisotopic (exact) mass is 598 g/mol. The lowest BCUT2D eigenvalue weighted by atomic mass is 9.83. The summed E-state index contributed by atoms with van der Waals surface area (Å²) in [6, 6.07) is 16.5. The molecule has 0 bridgehead atoms. The van der Waals surface area contributed by atoms with E-state index in [0.29, 0.717) is 35.7 Å². The van der Waals surface area contributed by atoms with Crippen molar-refractivity contribution in [2.75, 3.05) is 33.8 Å². The minimum absolute atomic E-state index is 0.104. The Morgan fingerprint density at radius 1 is 1.12 bits per heavy atom. The molecule has 1 aliphatic heterocycles. The van der Waals surface area contributed by atoms with Gasteiger partial charge in [0, 0.05) is 19.0 Å². The Balaban J connectivity index is 1.74. The van der Waals surface area contributed by atoms with E-state index in [1.807, 2.05) is 70.1 Å². The van der Waals surface area contributed by atoms with Gasteiger partial charge in [-0.05, 0) is 99.8 Å². The van der Waals surface area contributed by atoms with E-state index in [1.54, 1.807) is 35.5 Å². The van der Waals surface area contributed by atoms with Crippen molar-refractivity contribution in [2.24, 2.45) is 0 Å². The van der Waals surface area contributed by atoms with E-state index >= 15 is 0 Å². The van der Waals surface area contributed by atoms with Gasteiger partial charge < -0.3 is 14.4 Å². The molecule has 0 fully saturated rings. The van der Waals surface area contributed by atoms with Crippen LogP contribution in [0.3, 0.4) is 0 Å². The van der Waals surface area contributed by atoms with Crippen LogP contribution in [0.15, 0.2) is 59.5 Å². The number of fused-ring (bicyclic) bond motifs is 1. The Kier molecular flexibility index (Phi) is 10.3. The first-order valence-electron chi connectivity index (χ1n) is 14.4. The summed E-state index contributed by atoms with van der Waals surface area (Å²) >= 11 is 0. The molecule has 0 amide bonds. The first-order valence-corrected chi connectivity index (χ1v) is 15.9. The van der Waals surface area contributed by atoms with Crippen LogP contribution in [0.1, 0.15) is 59.6 Å². The van der Waals surface area contributed by atoms with Crippen molar-refractivity contribution in [3.8, 4) is 5.75 Å². The quantitative estimate of drug-likeness (QED) is 0.245. The van der Waals surface area contributed by atoms with E-state index in [2.05, 4.69) is 0 Å². The van der Waals surface area contributed by atoms with Gasteiger partial charge in [0.25, 0.3) is 0 Å². The van der Waals surface area contributed by atoms with Crippen LogP contribution in [-0.2, 0) is 22.5 Å². The van der Waals surface area contributed by atoms with Gasteiger partial charge in [0.1, 0.15) is 22.6 Å². The molecule has 2 N–H and O–H groups in total. The van der Waals surface area contributed by atoms with E-state index in [9.17, 15) is 18.3 Å². The van der Waals surface area contributed by atoms with Crippen molar-refractivity contribution in [2.45, 2.75) is 64.0 Å². The first-order chi connectivity index (χ1) is 19.9. The average molecular weight is 599 g/mol. The SMILES string of the molecule is CCOC(=O)CC(c1ccc(C)c(CN2CC(C)Oc3ccccc3S2(O)O)c1)c1cc(CCN(C)C)c(F)cc1C. The molecule has 0 radical (unpaired) electrons. The summed E-state index contributed by atoms with van der Waals surface area (Å²) < 4.78 is 50.9. The molecule has 9 heteroatoms. The third kappa shape index (κ3) is 7.33. The summed E-state index contributed by atoms with van der Waals surface area (Å²) in [6.07, 6.45) is 0.390. The number of hydrogen-bond acceptors (Lipinski definition) is 7. The molecule has 1 heterocycles. The number of benzene rings is 3. The lowest BCUT2D eigenvalue weighted by Crippen LogP contribution is -2.33. The number of carbonyl (C=O) groups excluding carboxylic acids is 1. The molecule has 228 valence electrons. The predicted molar refractivity (Wildman–Crippen MR) is 166 cm³/mol. The second kappa shape index (κ2) is 13.6. The molecule has 0 saturated carbocycles. The summed E-state index contributed by atoms with van der Waals surface area (Å²) in [6.45, 7) is 9.11. The van der Waals surface area contributed by atoms with Crippen LogP contribution < -0.4 is 4.74 Å². The largest absolute Gasteiger partial charge is 0.487 e. The van der Waals surface area contributed by atoms with Gasteiger partial charge in [0.15, 0.2) is 0 Å². The molecule has 3 aromatic rings. The zero-order valence-electron chi connectivity index (χ0n) is 25.4. The molecule has 3 aromatic carbocycles. The number of aryl methyl sites for hydroxylation is 2. The van der Waals surface area contributed by atoms with E-state index in [0.717, 1.165) is 27.8 Å². The van der Waals surface area contributed by atoms with Gasteiger partial charge >= 0.3 is 5.97 Å². The number of carbonyl (C=O) groups is 1. The second-order valence-electron chi connectivity index (χ2n) is 11.3. The highest BCUT2D eigenvalue weighted by molar-refractivity contribution is 8.22. The van der Waals surface area contributed by atoms with Gasteiger partial charge in [0.2, 0.25) is 0 Å². The first kappa shape index (κ1) is 32.0. The topological polar surface area (TPSA) is 82.5 Å². The van der Waals surface area contributed by atoms with Crippen LogP contribution in [0.4, 0.5) is 4.39 Å². The summed E-state index contributed by atoms with van der Waals surface area (Å²) in [4.78, 5) is 15.2. The molecule has 2 unspecified atom stereocenters. The lowest BCUT2D eigenvalue weighted by Gasteiger charge is -2.42. The fraction of sp³-hybridized carbons (Fsp3) is 0.424. The number of likely N-dealkylation sites (N-methyl/N-ethyl adjacent to an activating group) is 1. The van der Waals surface area contributed by atoms with E-state index in [1.165, 1.54) is 0 Å². The van der Waals surface area contributed by atoms with Crippen LogP contribution in [0.2, 0.25) is 0 Å². The van der Waals surface area contributed by atoms with Crippen molar-refractivity contribution < 1.29 is 27.8 Å². The Labute approximate surface area is 250 Å². The smallest absolute Gasteiger partial charge is 0.306 e. The molecule has 1 aliphatic rings. The fourth-order valence-electron chi connectivity index (χ4n) is 5.42. The molecule has 2 atom stereocenters. The molecule has 42 heavy (non-hydrogen) atoms. The molecule has 0 aliphatic carbocycles. The van der Waals surface area contributed by atoms with Crippen molar-refractivity contribution in [3.63, 3.8) is 0 Å². The Hall–Kier alpha value is -2.95. The number of nitrogens with zero attached hydrogens (tertiary/aromatic N) is 2. The van der Waals surface area contributed by atoms with Crippen LogP contribution in [0.25, 0.3) is 0 Å². The number of halogens is 1. The van der Waals surface area contributed by atoms with Gasteiger partial charge in [0.05, 0.1) is 19.6 Å². The zero-order valence-corrected chi connectivity index (χ0v) is 26.2. The van der Waals surface area contributed by atoms with Crippen molar-refractivity contribution in [1.29, 1.82) is 0 Å². The number of ether oxygens (including phenoxy) is 2. The molecule has 0 saturated heterocycles. The number of para-hydroxylation sites is 1. The third-order valence-electron chi connectivity index (χ3n) is 7.73. The number of rotatable bonds is 10. The highest BCUT2D eigenvalue weighted by Crippen LogP contribution is 2.57. The lowest BCUT2D eigenvalue weighted by molar-refractivity contribution is -0.143. The van der Waals surface area contributed by atoms with Gasteiger partial charge in [-0.1, -0.05) is 36.4 Å². The Morgan fingerprint density at radius 3 is 2.57 bits per heavy atom. The maximum absolute atomic E-state index is 15.0. The minimum Gasteiger partial charge on any atom is -0.487 e. The molecule has 0 spiro atoms. The summed E-state index contributed by atoms with van der Waals surface area (Å²) in [7, 11) is 0.587. The molecular weight excluding hydrogens is 555 g/mol. The van der Waals surface area contributed by atoms with E-state index in [-0.39, 0.29) is 43.4 Å². The maximum Gasteiger partial charge on any atom is 0.306 e.